The molecule has 0 N–H and O–H groups in total. The third kappa shape index (κ3) is 4.03. The van der Waals surface area contributed by atoms with Crippen molar-refractivity contribution < 1.29 is 17.9 Å². The maximum Gasteiger partial charge on any atom is 0.417 e. The molecule has 0 fully saturated rings. The van der Waals surface area contributed by atoms with Crippen molar-refractivity contribution in [2.24, 2.45) is 0 Å². The van der Waals surface area contributed by atoms with Gasteiger partial charge in [-0.15, -0.1) is 0 Å². The number of alkyl halides is 3. The second kappa shape index (κ2) is 6.24. The van der Waals surface area contributed by atoms with Crippen molar-refractivity contribution in [3.8, 4) is 0 Å². The molecule has 0 bridgehead atoms. The van der Waals surface area contributed by atoms with E-state index < -0.39 is 11.7 Å². The molecule has 7 heteroatoms. The smallest absolute Gasteiger partial charge is 0.380 e. The summed E-state index contributed by atoms with van der Waals surface area (Å²) in [7, 11) is 1.69. The van der Waals surface area contributed by atoms with Gasteiger partial charge in [-0.2, -0.15) is 13.2 Å². The molecule has 0 aromatic carbocycles. The Labute approximate surface area is 109 Å². The zero-order chi connectivity index (χ0) is 13.8. The molecule has 0 saturated carbocycles. The number of likely N-dealkylation sites (N-methyl/N-ethyl adjacent to an activating group) is 1. The third-order valence-electron chi connectivity index (χ3n) is 2.29. The van der Waals surface area contributed by atoms with Gasteiger partial charge in [-0.3, -0.25) is 0 Å². The Morgan fingerprint density at radius 2 is 2.11 bits per heavy atom. The number of aromatic nitrogens is 1. The maximum atomic E-state index is 12.4. The molecule has 0 aliphatic heterocycles. The van der Waals surface area contributed by atoms with Crippen LogP contribution < -0.4 is 4.90 Å². The molecule has 3 nitrogen and oxygen atoms in total. The summed E-state index contributed by atoms with van der Waals surface area (Å²) < 4.78 is 42.4. The highest BCUT2D eigenvalue weighted by Crippen LogP contribution is 2.33. The van der Waals surface area contributed by atoms with E-state index in [1.807, 2.05) is 6.92 Å². The maximum absolute atomic E-state index is 12.4. The van der Waals surface area contributed by atoms with Gasteiger partial charge in [-0.25, -0.2) is 4.98 Å². The Morgan fingerprint density at radius 1 is 1.44 bits per heavy atom. The van der Waals surface area contributed by atoms with Crippen LogP contribution in [-0.2, 0) is 10.9 Å². The number of halogens is 4. The molecular weight excluding hydrogens is 269 g/mol. The van der Waals surface area contributed by atoms with Crippen molar-refractivity contribution in [2.75, 3.05) is 31.7 Å². The fraction of sp³-hybridized carbons (Fsp3) is 0.545. The van der Waals surface area contributed by atoms with E-state index in [9.17, 15) is 13.2 Å². The lowest BCUT2D eigenvalue weighted by molar-refractivity contribution is -0.137. The number of hydrogen-bond acceptors (Lipinski definition) is 3. The molecule has 0 saturated heterocycles. The van der Waals surface area contributed by atoms with Gasteiger partial charge in [0.05, 0.1) is 17.2 Å². The average molecular weight is 283 g/mol. The van der Waals surface area contributed by atoms with Crippen LogP contribution >= 0.6 is 11.6 Å². The first-order valence-corrected chi connectivity index (χ1v) is 5.75. The summed E-state index contributed by atoms with van der Waals surface area (Å²) in [5.41, 5.74) is -0.852. The van der Waals surface area contributed by atoms with E-state index in [0.717, 1.165) is 12.3 Å². The predicted molar refractivity (Wildman–Crippen MR) is 64.0 cm³/mol. The molecule has 0 aliphatic carbocycles. The van der Waals surface area contributed by atoms with E-state index in [1.54, 1.807) is 11.9 Å². The Hall–Kier alpha value is -1.01. The first-order valence-electron chi connectivity index (χ1n) is 5.38. The molecule has 102 valence electrons. The quantitative estimate of drug-likeness (QED) is 0.775. The Morgan fingerprint density at radius 3 is 2.61 bits per heavy atom. The Balaban J connectivity index is 2.79. The zero-order valence-electron chi connectivity index (χ0n) is 10.1. The zero-order valence-corrected chi connectivity index (χ0v) is 10.8. The van der Waals surface area contributed by atoms with Crippen molar-refractivity contribution in [3.05, 3.63) is 22.8 Å². The van der Waals surface area contributed by atoms with Crippen LogP contribution in [-0.4, -0.2) is 31.8 Å². The van der Waals surface area contributed by atoms with E-state index in [2.05, 4.69) is 4.98 Å². The number of pyridine rings is 1. The van der Waals surface area contributed by atoms with Gasteiger partial charge in [0.2, 0.25) is 0 Å². The minimum Gasteiger partial charge on any atom is -0.380 e. The summed E-state index contributed by atoms with van der Waals surface area (Å²) in [6.07, 6.45) is -3.66. The van der Waals surface area contributed by atoms with Gasteiger partial charge in [0.25, 0.3) is 0 Å². The second-order valence-electron chi connectivity index (χ2n) is 3.65. The molecule has 0 spiro atoms. The highest BCUT2D eigenvalue weighted by Gasteiger charge is 2.31. The van der Waals surface area contributed by atoms with Crippen LogP contribution in [0, 0.1) is 0 Å². The number of anilines is 1. The molecule has 0 atom stereocenters. The lowest BCUT2D eigenvalue weighted by atomic mass is 10.2. The number of nitrogens with zero attached hydrogens (tertiary/aromatic N) is 2. The van der Waals surface area contributed by atoms with Crippen LogP contribution in [0.1, 0.15) is 12.5 Å². The van der Waals surface area contributed by atoms with Crippen LogP contribution in [0.5, 0.6) is 0 Å². The number of hydrogen-bond donors (Lipinski definition) is 0. The van der Waals surface area contributed by atoms with E-state index in [4.69, 9.17) is 16.3 Å². The molecule has 1 rings (SSSR count). The molecule has 0 aliphatic rings. The Bertz CT molecular complexity index is 398. The summed E-state index contributed by atoms with van der Waals surface area (Å²) in [6, 6.07) is 0.876. The second-order valence-corrected chi connectivity index (χ2v) is 4.05. The van der Waals surface area contributed by atoms with Crippen molar-refractivity contribution in [2.45, 2.75) is 13.1 Å². The molecule has 1 aromatic heterocycles. The molecule has 18 heavy (non-hydrogen) atoms. The number of ether oxygens (including phenoxy) is 1. The van der Waals surface area contributed by atoms with Crippen molar-refractivity contribution >= 4 is 17.4 Å². The van der Waals surface area contributed by atoms with E-state index in [-0.39, 0.29) is 5.02 Å². The van der Waals surface area contributed by atoms with Crippen molar-refractivity contribution in [3.63, 3.8) is 0 Å². The van der Waals surface area contributed by atoms with Gasteiger partial charge in [0.15, 0.2) is 0 Å². The molecule has 1 heterocycles. The van der Waals surface area contributed by atoms with Crippen molar-refractivity contribution in [1.29, 1.82) is 0 Å². The van der Waals surface area contributed by atoms with Crippen LogP contribution in [0.15, 0.2) is 12.3 Å². The van der Waals surface area contributed by atoms with Crippen LogP contribution in [0.3, 0.4) is 0 Å². The summed E-state index contributed by atoms with van der Waals surface area (Å²) in [4.78, 5) is 5.39. The largest absolute Gasteiger partial charge is 0.417 e. The van der Waals surface area contributed by atoms with Gasteiger partial charge in [-0.1, -0.05) is 11.6 Å². The summed E-state index contributed by atoms with van der Waals surface area (Å²) in [5.74, 6) is 0.310. The molecule has 0 amide bonds. The highest BCUT2D eigenvalue weighted by molar-refractivity contribution is 6.33. The summed E-state index contributed by atoms with van der Waals surface area (Å²) >= 11 is 5.80. The fourth-order valence-corrected chi connectivity index (χ4v) is 1.63. The SMILES string of the molecule is CCOCCN(C)c1ncc(C(F)(F)F)cc1Cl. The summed E-state index contributed by atoms with van der Waals surface area (Å²) in [5, 5.41) is -0.0242. The first-order chi connectivity index (χ1) is 8.36. The van der Waals surface area contributed by atoms with Gasteiger partial charge in [-0.05, 0) is 13.0 Å². The minimum absolute atomic E-state index is 0.0242. The van der Waals surface area contributed by atoms with Crippen LogP contribution in [0.25, 0.3) is 0 Å². The third-order valence-corrected chi connectivity index (χ3v) is 2.56. The highest BCUT2D eigenvalue weighted by atomic mass is 35.5. The van der Waals surface area contributed by atoms with Crippen LogP contribution in [0.4, 0.5) is 19.0 Å². The normalized spacial score (nSPS) is 11.7. The summed E-state index contributed by atoms with van der Waals surface area (Å²) in [6.45, 7) is 3.42. The Kier molecular flexibility index (Phi) is 5.22. The van der Waals surface area contributed by atoms with Gasteiger partial charge < -0.3 is 9.64 Å². The number of rotatable bonds is 5. The minimum atomic E-state index is -4.43. The van der Waals surface area contributed by atoms with Crippen molar-refractivity contribution in [1.82, 2.24) is 4.98 Å². The lowest BCUT2D eigenvalue weighted by Crippen LogP contribution is -2.24. The van der Waals surface area contributed by atoms with E-state index >= 15 is 0 Å². The van der Waals surface area contributed by atoms with Crippen LogP contribution in [0.2, 0.25) is 5.02 Å². The standard InChI is InChI=1S/C11H14ClF3N2O/c1-3-18-5-4-17(2)10-9(12)6-8(7-16-10)11(13,14)15/h6-7H,3-5H2,1-2H3. The fourth-order valence-electron chi connectivity index (χ4n) is 1.32. The molecule has 0 radical (unpaired) electrons. The molecule has 0 unspecified atom stereocenters. The van der Waals surface area contributed by atoms with E-state index in [0.29, 0.717) is 25.6 Å². The molecular formula is C11H14ClF3N2O. The molecule has 1 aromatic rings. The van der Waals surface area contributed by atoms with Gasteiger partial charge >= 0.3 is 6.18 Å². The predicted octanol–water partition coefficient (Wildman–Crippen LogP) is 3.23. The van der Waals surface area contributed by atoms with E-state index in [1.165, 1.54) is 0 Å². The monoisotopic (exact) mass is 282 g/mol. The lowest BCUT2D eigenvalue weighted by Gasteiger charge is -2.19. The first kappa shape index (κ1) is 15.0. The average Bonchev–Trinajstić information content (AvgIpc) is 2.27. The van der Waals surface area contributed by atoms with Gasteiger partial charge in [0, 0.05) is 26.4 Å². The topological polar surface area (TPSA) is 25.4 Å². The van der Waals surface area contributed by atoms with Gasteiger partial charge in [0.1, 0.15) is 5.82 Å².